The van der Waals surface area contributed by atoms with Crippen molar-refractivity contribution >= 4 is 11.6 Å². The van der Waals surface area contributed by atoms with Gasteiger partial charge >= 0.3 is 0 Å². The molecule has 17 heavy (non-hydrogen) atoms. The summed E-state index contributed by atoms with van der Waals surface area (Å²) in [6.07, 6.45) is 1.06. The van der Waals surface area contributed by atoms with E-state index in [-0.39, 0.29) is 5.91 Å². The fourth-order valence-corrected chi connectivity index (χ4v) is 1.94. The largest absolute Gasteiger partial charge is 0.380 e. The molecule has 0 saturated carbocycles. The molecule has 2 rings (SSSR count). The Morgan fingerprint density at radius 2 is 2.29 bits per heavy atom. The number of nitrogens with one attached hydrogen (secondary N) is 2. The molecule has 4 nitrogen and oxygen atoms in total. The van der Waals surface area contributed by atoms with Crippen molar-refractivity contribution in [1.29, 1.82) is 0 Å². The van der Waals surface area contributed by atoms with Crippen LogP contribution in [0.3, 0.4) is 0 Å². The van der Waals surface area contributed by atoms with Crippen molar-refractivity contribution in [1.82, 2.24) is 5.32 Å². The fraction of sp³-hybridized carbons (Fsp3) is 0.462. The topological polar surface area (TPSA) is 50.4 Å². The summed E-state index contributed by atoms with van der Waals surface area (Å²) < 4.78 is 5.31. The summed E-state index contributed by atoms with van der Waals surface area (Å²) in [5.41, 5.74) is 1.99. The van der Waals surface area contributed by atoms with E-state index in [9.17, 15) is 4.79 Å². The number of hydrogen-bond acceptors (Lipinski definition) is 3. The lowest BCUT2D eigenvalue weighted by atomic mass is 10.1. The molecule has 4 heteroatoms. The molecular weight excluding hydrogens is 216 g/mol. The first-order chi connectivity index (χ1) is 8.25. The summed E-state index contributed by atoms with van der Waals surface area (Å²) in [4.78, 5) is 11.1. The average molecular weight is 234 g/mol. The SMILES string of the molecule is CC(=O)Nc1ccccc1CNC1CCOC1. The monoisotopic (exact) mass is 234 g/mol. The lowest BCUT2D eigenvalue weighted by molar-refractivity contribution is -0.114. The maximum Gasteiger partial charge on any atom is 0.221 e. The van der Waals surface area contributed by atoms with E-state index in [1.165, 1.54) is 6.92 Å². The van der Waals surface area contributed by atoms with Gasteiger partial charge in [-0.3, -0.25) is 4.79 Å². The van der Waals surface area contributed by atoms with E-state index >= 15 is 0 Å². The number of carbonyl (C=O) groups excluding carboxylic acids is 1. The molecule has 0 spiro atoms. The quantitative estimate of drug-likeness (QED) is 0.830. The molecule has 1 aliphatic rings. The second-order valence-electron chi connectivity index (χ2n) is 4.28. The number of anilines is 1. The summed E-state index contributed by atoms with van der Waals surface area (Å²) in [6, 6.07) is 8.28. The third-order valence-corrected chi connectivity index (χ3v) is 2.84. The van der Waals surface area contributed by atoms with Crippen molar-refractivity contribution in [2.75, 3.05) is 18.5 Å². The standard InChI is InChI=1S/C13H18N2O2/c1-10(16)15-13-5-3-2-4-11(13)8-14-12-6-7-17-9-12/h2-5,12,14H,6-9H2,1H3,(H,15,16). The number of carbonyl (C=O) groups is 1. The number of hydrogen-bond donors (Lipinski definition) is 2. The van der Waals surface area contributed by atoms with E-state index in [0.717, 1.165) is 37.4 Å². The van der Waals surface area contributed by atoms with Crippen molar-refractivity contribution in [2.24, 2.45) is 0 Å². The summed E-state index contributed by atoms with van der Waals surface area (Å²) in [6.45, 7) is 3.90. The lowest BCUT2D eigenvalue weighted by Crippen LogP contribution is -2.29. The van der Waals surface area contributed by atoms with Crippen molar-refractivity contribution in [3.05, 3.63) is 29.8 Å². The first-order valence-electron chi connectivity index (χ1n) is 5.92. The van der Waals surface area contributed by atoms with Crippen molar-refractivity contribution < 1.29 is 9.53 Å². The average Bonchev–Trinajstić information content (AvgIpc) is 2.80. The van der Waals surface area contributed by atoms with Crippen LogP contribution in [0.2, 0.25) is 0 Å². The van der Waals surface area contributed by atoms with Crippen molar-refractivity contribution in [3.8, 4) is 0 Å². The maximum atomic E-state index is 11.1. The van der Waals surface area contributed by atoms with Gasteiger partial charge < -0.3 is 15.4 Å². The van der Waals surface area contributed by atoms with E-state index in [0.29, 0.717) is 6.04 Å². The van der Waals surface area contributed by atoms with Crippen LogP contribution in [0.4, 0.5) is 5.69 Å². The zero-order valence-electron chi connectivity index (χ0n) is 10.0. The highest BCUT2D eigenvalue weighted by Crippen LogP contribution is 2.15. The zero-order chi connectivity index (χ0) is 12.1. The van der Waals surface area contributed by atoms with Crippen LogP contribution in [0.15, 0.2) is 24.3 Å². The molecule has 2 N–H and O–H groups in total. The summed E-state index contributed by atoms with van der Waals surface area (Å²) >= 11 is 0. The van der Waals surface area contributed by atoms with Crippen LogP contribution in [-0.2, 0) is 16.1 Å². The van der Waals surface area contributed by atoms with Crippen molar-refractivity contribution in [3.63, 3.8) is 0 Å². The fourth-order valence-electron chi connectivity index (χ4n) is 1.94. The van der Waals surface area contributed by atoms with Gasteiger partial charge in [0.1, 0.15) is 0 Å². The molecular formula is C13H18N2O2. The van der Waals surface area contributed by atoms with Crippen LogP contribution < -0.4 is 10.6 Å². The van der Waals surface area contributed by atoms with Crippen LogP contribution in [0.5, 0.6) is 0 Å². The highest BCUT2D eigenvalue weighted by Gasteiger charge is 2.15. The molecule has 0 aromatic heterocycles. The Balaban J connectivity index is 1.96. The lowest BCUT2D eigenvalue weighted by Gasteiger charge is -2.13. The Labute approximate surface area is 101 Å². The normalized spacial score (nSPS) is 19.2. The van der Waals surface area contributed by atoms with Crippen LogP contribution in [0.25, 0.3) is 0 Å². The third kappa shape index (κ3) is 3.54. The summed E-state index contributed by atoms with van der Waals surface area (Å²) in [5.74, 6) is -0.0401. The second kappa shape index (κ2) is 5.80. The third-order valence-electron chi connectivity index (χ3n) is 2.84. The smallest absolute Gasteiger partial charge is 0.221 e. The van der Waals surface area contributed by atoms with Crippen molar-refractivity contribution in [2.45, 2.75) is 25.9 Å². The molecule has 1 aliphatic heterocycles. The summed E-state index contributed by atoms with van der Waals surface area (Å²) in [7, 11) is 0. The van der Waals surface area contributed by atoms with Crippen LogP contribution >= 0.6 is 0 Å². The van der Waals surface area contributed by atoms with Gasteiger partial charge in [-0.15, -0.1) is 0 Å². The first-order valence-corrected chi connectivity index (χ1v) is 5.92. The minimum Gasteiger partial charge on any atom is -0.380 e. The Morgan fingerprint density at radius 1 is 1.47 bits per heavy atom. The van der Waals surface area contributed by atoms with E-state index < -0.39 is 0 Å². The molecule has 92 valence electrons. The minimum atomic E-state index is -0.0401. The van der Waals surface area contributed by atoms with Crippen LogP contribution in [0, 0.1) is 0 Å². The minimum absolute atomic E-state index is 0.0401. The van der Waals surface area contributed by atoms with E-state index in [2.05, 4.69) is 10.6 Å². The zero-order valence-corrected chi connectivity index (χ0v) is 10.0. The maximum absolute atomic E-state index is 11.1. The Kier molecular flexibility index (Phi) is 4.12. The van der Waals surface area contributed by atoms with E-state index in [4.69, 9.17) is 4.74 Å². The van der Waals surface area contributed by atoms with Gasteiger partial charge in [-0.2, -0.15) is 0 Å². The van der Waals surface area contributed by atoms with Gasteiger partial charge in [-0.25, -0.2) is 0 Å². The molecule has 1 amide bonds. The Bertz CT molecular complexity index is 387. The number of amides is 1. The van der Waals surface area contributed by atoms with Gasteiger partial charge in [-0.1, -0.05) is 18.2 Å². The number of ether oxygens (including phenoxy) is 1. The van der Waals surface area contributed by atoms with Gasteiger partial charge in [0.05, 0.1) is 6.61 Å². The van der Waals surface area contributed by atoms with Gasteiger partial charge in [0.15, 0.2) is 0 Å². The first kappa shape index (κ1) is 12.1. The number of rotatable bonds is 4. The highest BCUT2D eigenvalue weighted by atomic mass is 16.5. The predicted molar refractivity (Wildman–Crippen MR) is 66.8 cm³/mol. The highest BCUT2D eigenvalue weighted by molar-refractivity contribution is 5.89. The molecule has 1 unspecified atom stereocenters. The number of para-hydroxylation sites is 1. The molecule has 1 aromatic rings. The molecule has 1 fully saturated rings. The number of benzene rings is 1. The molecule has 0 aliphatic carbocycles. The molecule has 1 aromatic carbocycles. The van der Waals surface area contributed by atoms with Gasteiger partial charge in [0.2, 0.25) is 5.91 Å². The van der Waals surface area contributed by atoms with E-state index in [1.807, 2.05) is 24.3 Å². The van der Waals surface area contributed by atoms with Crippen LogP contribution in [-0.4, -0.2) is 25.2 Å². The molecule has 1 atom stereocenters. The molecule has 0 bridgehead atoms. The van der Waals surface area contributed by atoms with Gasteiger partial charge in [0, 0.05) is 31.8 Å². The molecule has 0 radical (unpaired) electrons. The molecule has 1 saturated heterocycles. The summed E-state index contributed by atoms with van der Waals surface area (Å²) in [5, 5.41) is 6.27. The Morgan fingerprint density at radius 3 is 3.00 bits per heavy atom. The van der Waals surface area contributed by atoms with Crippen LogP contribution in [0.1, 0.15) is 18.9 Å². The van der Waals surface area contributed by atoms with Gasteiger partial charge in [0.25, 0.3) is 0 Å². The van der Waals surface area contributed by atoms with E-state index in [1.54, 1.807) is 0 Å². The van der Waals surface area contributed by atoms with Gasteiger partial charge in [-0.05, 0) is 18.1 Å². The molecule has 1 heterocycles. The second-order valence-corrected chi connectivity index (χ2v) is 4.28. The predicted octanol–water partition coefficient (Wildman–Crippen LogP) is 1.52. The Hall–Kier alpha value is -1.39.